The second-order valence-corrected chi connectivity index (χ2v) is 8.42. The summed E-state index contributed by atoms with van der Waals surface area (Å²) in [5.41, 5.74) is 2.54. The van der Waals surface area contributed by atoms with Gasteiger partial charge in [-0.15, -0.1) is 0 Å². The highest BCUT2D eigenvalue weighted by atomic mass is 16.5. The first-order valence-corrected chi connectivity index (χ1v) is 10.1. The molecule has 1 fully saturated rings. The molecule has 0 bridgehead atoms. The lowest BCUT2D eigenvalue weighted by Crippen LogP contribution is -2.53. The van der Waals surface area contributed by atoms with Gasteiger partial charge in [-0.2, -0.15) is 0 Å². The van der Waals surface area contributed by atoms with Crippen LogP contribution in [-0.2, 0) is 13.0 Å². The molecule has 1 N–H and O–H groups in total. The summed E-state index contributed by atoms with van der Waals surface area (Å²) >= 11 is 0. The summed E-state index contributed by atoms with van der Waals surface area (Å²) in [6.07, 6.45) is 1.04. The molecular formula is C22H33N5O. The van der Waals surface area contributed by atoms with Gasteiger partial charge in [0.15, 0.2) is 5.96 Å². The van der Waals surface area contributed by atoms with Crippen LogP contribution in [0.3, 0.4) is 0 Å². The maximum absolute atomic E-state index is 5.17. The Hall–Kier alpha value is -2.34. The van der Waals surface area contributed by atoms with Crippen LogP contribution in [0.25, 0.3) is 0 Å². The highest BCUT2D eigenvalue weighted by Gasteiger charge is 2.23. The monoisotopic (exact) mass is 383 g/mol. The minimum absolute atomic E-state index is 0.157. The van der Waals surface area contributed by atoms with E-state index in [1.165, 1.54) is 5.56 Å². The van der Waals surface area contributed by atoms with Crippen molar-refractivity contribution >= 4 is 5.96 Å². The van der Waals surface area contributed by atoms with Crippen molar-refractivity contribution in [2.75, 3.05) is 39.8 Å². The third-order valence-corrected chi connectivity index (χ3v) is 5.20. The molecule has 3 rings (SSSR count). The van der Waals surface area contributed by atoms with E-state index in [-0.39, 0.29) is 5.41 Å². The summed E-state index contributed by atoms with van der Waals surface area (Å²) in [7, 11) is 1.87. The van der Waals surface area contributed by atoms with E-state index in [0.29, 0.717) is 0 Å². The molecule has 1 aromatic carbocycles. The highest BCUT2D eigenvalue weighted by molar-refractivity contribution is 5.80. The molecule has 0 spiro atoms. The molecule has 152 valence electrons. The summed E-state index contributed by atoms with van der Waals surface area (Å²) in [5, 5.41) is 7.70. The molecule has 1 aliphatic heterocycles. The molecule has 0 atom stereocenters. The molecule has 1 aromatic heterocycles. The van der Waals surface area contributed by atoms with Gasteiger partial charge in [-0.05, 0) is 24.3 Å². The number of guanidine groups is 1. The quantitative estimate of drug-likeness (QED) is 0.614. The fourth-order valence-corrected chi connectivity index (χ4v) is 3.70. The number of nitrogens with zero attached hydrogens (tertiary/aromatic N) is 4. The van der Waals surface area contributed by atoms with Crippen LogP contribution in [0.2, 0.25) is 0 Å². The number of rotatable bonds is 6. The number of aliphatic imine (C=N–C) groups is 1. The van der Waals surface area contributed by atoms with Crippen LogP contribution in [0.4, 0.5) is 0 Å². The average Bonchev–Trinajstić information content (AvgIpc) is 3.08. The maximum atomic E-state index is 5.17. The highest BCUT2D eigenvalue weighted by Crippen LogP contribution is 2.21. The van der Waals surface area contributed by atoms with Gasteiger partial charge < -0.3 is 14.7 Å². The number of aromatic nitrogens is 1. The summed E-state index contributed by atoms with van der Waals surface area (Å²) in [5.74, 6) is 1.87. The second-order valence-electron chi connectivity index (χ2n) is 8.42. The van der Waals surface area contributed by atoms with Gasteiger partial charge in [0, 0.05) is 52.4 Å². The Kier molecular flexibility index (Phi) is 6.73. The van der Waals surface area contributed by atoms with Gasteiger partial charge >= 0.3 is 0 Å². The van der Waals surface area contributed by atoms with E-state index in [1.807, 2.05) is 20.0 Å². The molecule has 2 aromatic rings. The van der Waals surface area contributed by atoms with Crippen molar-refractivity contribution in [1.29, 1.82) is 0 Å². The molecular weight excluding hydrogens is 350 g/mol. The fourth-order valence-electron chi connectivity index (χ4n) is 3.70. The lowest BCUT2D eigenvalue weighted by Gasteiger charge is -2.37. The smallest absolute Gasteiger partial charge is 0.193 e. The zero-order valence-corrected chi connectivity index (χ0v) is 17.6. The van der Waals surface area contributed by atoms with Crippen molar-refractivity contribution in [3.8, 4) is 0 Å². The predicted octanol–water partition coefficient (Wildman–Crippen LogP) is 2.94. The molecule has 0 saturated carbocycles. The summed E-state index contributed by atoms with van der Waals surface area (Å²) in [6.45, 7) is 12.2. The van der Waals surface area contributed by atoms with E-state index in [9.17, 15) is 0 Å². The van der Waals surface area contributed by atoms with Crippen LogP contribution in [0.5, 0.6) is 0 Å². The number of piperazine rings is 1. The van der Waals surface area contributed by atoms with Crippen LogP contribution >= 0.6 is 0 Å². The van der Waals surface area contributed by atoms with Gasteiger partial charge in [0.25, 0.3) is 0 Å². The van der Waals surface area contributed by atoms with Gasteiger partial charge in [0.05, 0.1) is 5.69 Å². The zero-order valence-electron chi connectivity index (χ0n) is 17.6. The number of hydrogen-bond acceptors (Lipinski definition) is 4. The molecule has 28 heavy (non-hydrogen) atoms. The molecule has 1 saturated heterocycles. The average molecular weight is 384 g/mol. The number of nitrogens with one attached hydrogen (secondary N) is 1. The normalized spacial score (nSPS) is 16.4. The summed E-state index contributed by atoms with van der Waals surface area (Å²) in [4.78, 5) is 9.29. The third kappa shape index (κ3) is 5.83. The Bertz CT molecular complexity index is 760. The molecule has 0 amide bonds. The fraction of sp³-hybridized carbons (Fsp3) is 0.545. The van der Waals surface area contributed by atoms with Crippen molar-refractivity contribution < 1.29 is 4.52 Å². The second kappa shape index (κ2) is 9.24. The molecule has 6 heteroatoms. The van der Waals surface area contributed by atoms with Crippen LogP contribution in [0.15, 0.2) is 45.9 Å². The topological polar surface area (TPSA) is 56.9 Å². The maximum Gasteiger partial charge on any atom is 0.193 e. The van der Waals surface area contributed by atoms with Gasteiger partial charge in [0.2, 0.25) is 0 Å². The standard InChI is InChI=1S/C22H33N5O/c1-18-14-20(25-28-18)16-26-10-12-27(13-11-26)21(23-4)24-17-22(2,3)15-19-8-6-5-7-9-19/h5-9,14H,10-13,15-17H2,1-4H3,(H,23,24). The van der Waals surface area contributed by atoms with Gasteiger partial charge in [-0.3, -0.25) is 9.89 Å². The van der Waals surface area contributed by atoms with Crippen molar-refractivity contribution in [3.63, 3.8) is 0 Å². The van der Waals surface area contributed by atoms with Crippen molar-refractivity contribution in [3.05, 3.63) is 53.4 Å². The molecule has 0 aliphatic carbocycles. The van der Waals surface area contributed by atoms with Gasteiger partial charge in [-0.25, -0.2) is 0 Å². The van der Waals surface area contributed by atoms with Crippen LogP contribution in [-0.4, -0.2) is 60.7 Å². The Morgan fingerprint density at radius 2 is 1.89 bits per heavy atom. The van der Waals surface area contributed by atoms with E-state index >= 15 is 0 Å². The zero-order chi connectivity index (χ0) is 20.0. The number of benzene rings is 1. The lowest BCUT2D eigenvalue weighted by atomic mass is 9.86. The van der Waals surface area contributed by atoms with Gasteiger partial charge in [0.1, 0.15) is 5.76 Å². The first-order valence-electron chi connectivity index (χ1n) is 10.1. The SMILES string of the molecule is CN=C(NCC(C)(C)Cc1ccccc1)N1CCN(Cc2cc(C)on2)CC1. The first-order chi connectivity index (χ1) is 13.4. The molecule has 6 nitrogen and oxygen atoms in total. The molecule has 0 radical (unpaired) electrons. The van der Waals surface area contributed by atoms with Crippen LogP contribution in [0, 0.1) is 12.3 Å². The van der Waals surface area contributed by atoms with Crippen LogP contribution < -0.4 is 5.32 Å². The van der Waals surface area contributed by atoms with Crippen molar-refractivity contribution in [2.24, 2.45) is 10.4 Å². The van der Waals surface area contributed by atoms with Crippen LogP contribution in [0.1, 0.15) is 30.9 Å². The van der Waals surface area contributed by atoms with E-state index in [1.54, 1.807) is 0 Å². The predicted molar refractivity (Wildman–Crippen MR) is 113 cm³/mol. The Labute approximate surface area is 168 Å². The Balaban J connectivity index is 1.46. The minimum atomic E-state index is 0.157. The summed E-state index contributed by atoms with van der Waals surface area (Å²) in [6, 6.07) is 12.7. The number of hydrogen-bond donors (Lipinski definition) is 1. The van der Waals surface area contributed by atoms with Gasteiger partial charge in [-0.1, -0.05) is 49.3 Å². The Morgan fingerprint density at radius 3 is 2.50 bits per heavy atom. The van der Waals surface area contributed by atoms with E-state index in [4.69, 9.17) is 4.52 Å². The van der Waals surface area contributed by atoms with Crippen molar-refractivity contribution in [1.82, 2.24) is 20.3 Å². The largest absolute Gasteiger partial charge is 0.361 e. The van der Waals surface area contributed by atoms with E-state index in [2.05, 4.69) is 69.4 Å². The molecule has 2 heterocycles. The number of aryl methyl sites for hydroxylation is 1. The first kappa shape index (κ1) is 20.4. The van der Waals surface area contributed by atoms with Crippen molar-refractivity contribution in [2.45, 2.75) is 33.7 Å². The third-order valence-electron chi connectivity index (χ3n) is 5.20. The molecule has 0 unspecified atom stereocenters. The summed E-state index contributed by atoms with van der Waals surface area (Å²) < 4.78 is 5.17. The van der Waals surface area contributed by atoms with E-state index < -0.39 is 0 Å². The minimum Gasteiger partial charge on any atom is -0.361 e. The van der Waals surface area contributed by atoms with E-state index in [0.717, 1.165) is 63.1 Å². The lowest BCUT2D eigenvalue weighted by molar-refractivity contribution is 0.168. The molecule has 1 aliphatic rings. The Morgan fingerprint density at radius 1 is 1.18 bits per heavy atom.